The number of methoxy groups -OCH3 is 1. The van der Waals surface area contributed by atoms with E-state index in [9.17, 15) is 18.0 Å². The van der Waals surface area contributed by atoms with Gasteiger partial charge in [-0.1, -0.05) is 11.8 Å². The summed E-state index contributed by atoms with van der Waals surface area (Å²) in [7, 11) is 3.64. The summed E-state index contributed by atoms with van der Waals surface area (Å²) in [6, 6.07) is 7.84. The fourth-order valence-corrected chi connectivity index (χ4v) is 6.82. The van der Waals surface area contributed by atoms with E-state index in [1.165, 1.54) is 30.3 Å². The number of anilines is 2. The molecule has 0 spiro atoms. The average molecular weight is 615 g/mol. The van der Waals surface area contributed by atoms with Crippen LogP contribution in [0.25, 0.3) is 5.52 Å². The average Bonchev–Trinajstić information content (AvgIpc) is 3.41. The van der Waals surface area contributed by atoms with Gasteiger partial charge in [-0.2, -0.15) is 13.2 Å². The molecule has 3 saturated heterocycles. The van der Waals surface area contributed by atoms with Crippen LogP contribution in [-0.2, 0) is 4.74 Å². The second-order valence-corrected chi connectivity index (χ2v) is 12.1. The molecule has 1 aromatic carbocycles. The highest BCUT2D eigenvalue weighted by Crippen LogP contribution is 2.41. The lowest BCUT2D eigenvalue weighted by Crippen LogP contribution is -2.48. The van der Waals surface area contributed by atoms with Gasteiger partial charge in [0.2, 0.25) is 0 Å². The van der Waals surface area contributed by atoms with Gasteiger partial charge in [-0.05, 0) is 57.0 Å². The Balaban J connectivity index is 1.20. The SMILES string of the molecule is COc1cc(C(=O)NC2COC2)ccc1NCC#Cc1cc2c(N[C@@H]3CC[C@@H]4CC[C@H]3N4C)nccn2c1SC(F)(F)F. The number of nitrogens with zero attached hydrogens (tertiary/aromatic N) is 3. The maximum absolute atomic E-state index is 13.6. The molecular formula is C30H33F3N6O3S. The van der Waals surface area contributed by atoms with Crippen LogP contribution in [0.5, 0.6) is 5.75 Å². The van der Waals surface area contributed by atoms with Crippen molar-refractivity contribution in [2.24, 2.45) is 0 Å². The number of ether oxygens (including phenoxy) is 2. The predicted octanol–water partition coefficient (Wildman–Crippen LogP) is 4.58. The second-order valence-electron chi connectivity index (χ2n) is 11.0. The minimum absolute atomic E-state index is 0.00429. The summed E-state index contributed by atoms with van der Waals surface area (Å²) in [6.07, 6.45) is 7.41. The Labute approximate surface area is 251 Å². The highest BCUT2D eigenvalue weighted by Gasteiger charge is 2.40. The van der Waals surface area contributed by atoms with Gasteiger partial charge < -0.3 is 29.8 Å². The number of nitrogens with one attached hydrogen (secondary N) is 3. The number of benzene rings is 1. The molecule has 0 unspecified atom stereocenters. The summed E-state index contributed by atoms with van der Waals surface area (Å²) in [5, 5.41) is 9.55. The van der Waals surface area contributed by atoms with E-state index < -0.39 is 5.51 Å². The zero-order valence-electron chi connectivity index (χ0n) is 23.8. The van der Waals surface area contributed by atoms with Gasteiger partial charge in [0.1, 0.15) is 10.8 Å². The molecule has 9 nitrogen and oxygen atoms in total. The molecule has 3 fully saturated rings. The standard InChI is InChI=1S/C30H33F3N6O3S/c1-38-21-6-9-22(24(38)10-7-21)37-27-25-14-19(29(43-30(31,32)33)39(25)13-12-35-27)4-3-11-34-23-8-5-18(15-26(23)41-2)28(40)36-20-16-42-17-20/h5,8,12-15,20-22,24,34H,6-7,9-11,16-17H2,1-2H3,(H,35,37)(H,36,40)/t21-,22-,24-/m1/s1. The molecule has 2 aromatic heterocycles. The minimum atomic E-state index is -4.49. The first-order valence-corrected chi connectivity index (χ1v) is 15.1. The fourth-order valence-electron chi connectivity index (χ4n) is 6.12. The van der Waals surface area contributed by atoms with Crippen molar-refractivity contribution in [3.05, 3.63) is 47.8 Å². The maximum Gasteiger partial charge on any atom is 0.447 e. The second kappa shape index (κ2) is 12.2. The van der Waals surface area contributed by atoms with Gasteiger partial charge in [0.25, 0.3) is 5.91 Å². The summed E-state index contributed by atoms with van der Waals surface area (Å²) in [6.45, 7) is 1.13. The van der Waals surface area contributed by atoms with E-state index in [1.807, 2.05) is 0 Å². The fraction of sp³-hybridized carbons (Fsp3) is 0.467. The van der Waals surface area contributed by atoms with Crippen LogP contribution < -0.4 is 20.7 Å². The van der Waals surface area contributed by atoms with Crippen LogP contribution in [0.4, 0.5) is 24.7 Å². The Morgan fingerprint density at radius 2 is 2.02 bits per heavy atom. The number of carbonyl (C=O) groups is 1. The van der Waals surface area contributed by atoms with E-state index in [4.69, 9.17) is 9.47 Å². The van der Waals surface area contributed by atoms with Crippen LogP contribution in [0.3, 0.4) is 0 Å². The molecule has 0 radical (unpaired) electrons. The molecule has 0 saturated carbocycles. The third-order valence-corrected chi connectivity index (χ3v) is 9.23. The van der Waals surface area contributed by atoms with Gasteiger partial charge in [-0.25, -0.2) is 4.98 Å². The first-order chi connectivity index (χ1) is 20.7. The van der Waals surface area contributed by atoms with Gasteiger partial charge in [-0.15, -0.1) is 0 Å². The Kier molecular flexibility index (Phi) is 8.35. The number of hydrogen-bond acceptors (Lipinski definition) is 8. The summed E-state index contributed by atoms with van der Waals surface area (Å²) in [5.74, 6) is 6.65. The van der Waals surface area contributed by atoms with Crippen LogP contribution in [0.1, 0.15) is 41.6 Å². The number of amides is 1. The molecule has 3 N–H and O–H groups in total. The molecule has 3 atom stereocenters. The van der Waals surface area contributed by atoms with Crippen LogP contribution in [-0.4, -0.2) is 83.8 Å². The van der Waals surface area contributed by atoms with Crippen molar-refractivity contribution < 1.29 is 27.4 Å². The normalized spacial score (nSPS) is 22.0. The van der Waals surface area contributed by atoms with Crippen molar-refractivity contribution >= 4 is 34.7 Å². The van der Waals surface area contributed by atoms with E-state index >= 15 is 0 Å². The highest BCUT2D eigenvalue weighted by molar-refractivity contribution is 8.00. The zero-order chi connectivity index (χ0) is 30.1. The summed E-state index contributed by atoms with van der Waals surface area (Å²) in [4.78, 5) is 19.4. The monoisotopic (exact) mass is 614 g/mol. The number of rotatable bonds is 8. The summed E-state index contributed by atoms with van der Waals surface area (Å²) >= 11 is -0.184. The number of halogens is 3. The summed E-state index contributed by atoms with van der Waals surface area (Å²) in [5.41, 5.74) is -2.62. The Hall–Kier alpha value is -3.60. The highest BCUT2D eigenvalue weighted by atomic mass is 32.2. The smallest absolute Gasteiger partial charge is 0.447 e. The van der Waals surface area contributed by atoms with Crippen molar-refractivity contribution in [3.8, 4) is 17.6 Å². The largest absolute Gasteiger partial charge is 0.495 e. The number of thioether (sulfide) groups is 1. The number of hydrogen-bond donors (Lipinski definition) is 3. The molecule has 2 bridgehead atoms. The van der Waals surface area contributed by atoms with Crippen LogP contribution >= 0.6 is 11.8 Å². The van der Waals surface area contributed by atoms with E-state index in [0.29, 0.717) is 53.6 Å². The van der Waals surface area contributed by atoms with Crippen molar-refractivity contribution in [2.75, 3.05) is 44.5 Å². The molecule has 43 heavy (non-hydrogen) atoms. The van der Waals surface area contributed by atoms with Gasteiger partial charge >= 0.3 is 5.51 Å². The van der Waals surface area contributed by atoms with E-state index in [0.717, 1.165) is 19.3 Å². The van der Waals surface area contributed by atoms with Crippen molar-refractivity contribution in [3.63, 3.8) is 0 Å². The number of carbonyl (C=O) groups excluding carboxylic acids is 1. The minimum Gasteiger partial charge on any atom is -0.495 e. The van der Waals surface area contributed by atoms with Gasteiger partial charge in [0.05, 0.1) is 49.7 Å². The molecule has 1 amide bonds. The first-order valence-electron chi connectivity index (χ1n) is 14.2. The molecule has 3 aromatic rings. The number of piperidine rings is 1. The van der Waals surface area contributed by atoms with Crippen molar-refractivity contribution in [1.29, 1.82) is 0 Å². The lowest BCUT2D eigenvalue weighted by Gasteiger charge is -2.38. The molecule has 5 heterocycles. The Morgan fingerprint density at radius 1 is 1.21 bits per heavy atom. The third-order valence-electron chi connectivity index (χ3n) is 8.38. The lowest BCUT2D eigenvalue weighted by molar-refractivity contribution is -0.0329. The third kappa shape index (κ3) is 6.37. The Bertz CT molecular complexity index is 1560. The molecule has 13 heteroatoms. The van der Waals surface area contributed by atoms with Crippen molar-refractivity contribution in [2.45, 2.75) is 60.4 Å². The quantitative estimate of drug-likeness (QED) is 0.251. The topological polar surface area (TPSA) is 92.2 Å². The maximum atomic E-state index is 13.6. The van der Waals surface area contributed by atoms with E-state index in [2.05, 4.69) is 44.7 Å². The van der Waals surface area contributed by atoms with Crippen molar-refractivity contribution in [1.82, 2.24) is 19.6 Å². The van der Waals surface area contributed by atoms with E-state index in [-0.39, 0.29) is 46.9 Å². The molecular weight excluding hydrogens is 581 g/mol. The van der Waals surface area contributed by atoms with Gasteiger partial charge in [0, 0.05) is 47.8 Å². The van der Waals surface area contributed by atoms with Gasteiger partial charge in [-0.3, -0.25) is 9.69 Å². The number of likely N-dealkylation sites (N-methyl/N-ethyl adjacent to an activating group) is 1. The molecule has 228 valence electrons. The summed E-state index contributed by atoms with van der Waals surface area (Å²) < 4.78 is 52.9. The first kappa shape index (κ1) is 29.5. The lowest BCUT2D eigenvalue weighted by atomic mass is 9.98. The molecule has 6 rings (SSSR count). The molecule has 3 aliphatic heterocycles. The number of aromatic nitrogens is 2. The molecule has 3 aliphatic rings. The molecule has 0 aliphatic carbocycles. The Morgan fingerprint density at radius 3 is 2.77 bits per heavy atom. The van der Waals surface area contributed by atoms with Crippen LogP contribution in [0, 0.1) is 11.8 Å². The zero-order valence-corrected chi connectivity index (χ0v) is 24.6. The predicted molar refractivity (Wildman–Crippen MR) is 159 cm³/mol. The van der Waals surface area contributed by atoms with E-state index in [1.54, 1.807) is 24.3 Å². The van der Waals surface area contributed by atoms with Gasteiger partial charge in [0.15, 0.2) is 5.82 Å². The number of fused-ring (bicyclic) bond motifs is 3. The van der Waals surface area contributed by atoms with Crippen LogP contribution in [0.15, 0.2) is 41.7 Å². The number of alkyl halides is 3. The van der Waals surface area contributed by atoms with Crippen LogP contribution in [0.2, 0.25) is 0 Å².